The van der Waals surface area contributed by atoms with E-state index < -0.39 is 5.60 Å². The quantitative estimate of drug-likeness (QED) is 0.794. The highest BCUT2D eigenvalue weighted by atomic mass is 16.5. The molecule has 0 aromatic carbocycles. The van der Waals surface area contributed by atoms with Gasteiger partial charge in [0, 0.05) is 32.3 Å². The number of nitrogens with zero attached hydrogens (tertiary/aromatic N) is 2. The molecule has 2 heterocycles. The average Bonchev–Trinajstić information content (AvgIpc) is 2.60. The Hall–Kier alpha value is -1.04. The summed E-state index contributed by atoms with van der Waals surface area (Å²) in [6.07, 6.45) is 2.32. The van der Waals surface area contributed by atoms with Gasteiger partial charge >= 0.3 is 0 Å². The Morgan fingerprint density at radius 2 is 2.47 bits per heavy atom. The fraction of sp³-hybridized carbons (Fsp3) is 0.667. The van der Waals surface area contributed by atoms with Crippen molar-refractivity contribution in [2.75, 3.05) is 13.2 Å². The van der Waals surface area contributed by atoms with Crippen LogP contribution in [0.4, 0.5) is 0 Å². The predicted octanol–water partition coefficient (Wildman–Crippen LogP) is 0.415. The summed E-state index contributed by atoms with van der Waals surface area (Å²) in [5.41, 5.74) is 0.190. The molecule has 94 valence electrons. The molecule has 17 heavy (non-hydrogen) atoms. The lowest BCUT2D eigenvalue weighted by Gasteiger charge is -2.26. The lowest BCUT2D eigenvalue weighted by Crippen LogP contribution is -2.45. The molecule has 0 amide bonds. The highest BCUT2D eigenvalue weighted by Crippen LogP contribution is 2.24. The Morgan fingerprint density at radius 1 is 1.65 bits per heavy atom. The molecule has 0 spiro atoms. The van der Waals surface area contributed by atoms with Gasteiger partial charge in [0.25, 0.3) is 0 Å². The van der Waals surface area contributed by atoms with Crippen LogP contribution in [0.1, 0.15) is 24.9 Å². The summed E-state index contributed by atoms with van der Waals surface area (Å²) in [6.45, 7) is 5.56. The molecule has 1 aliphatic heterocycles. The first-order valence-corrected chi connectivity index (χ1v) is 5.93. The average molecular weight is 237 g/mol. The molecular weight excluding hydrogens is 218 g/mol. The number of rotatable bonds is 4. The molecule has 1 fully saturated rings. The van der Waals surface area contributed by atoms with E-state index in [0.29, 0.717) is 26.1 Å². The summed E-state index contributed by atoms with van der Waals surface area (Å²) < 4.78 is 5.37. The summed E-state index contributed by atoms with van der Waals surface area (Å²) in [5, 5.41) is 13.5. The van der Waals surface area contributed by atoms with Crippen molar-refractivity contribution in [2.24, 2.45) is 0 Å². The van der Waals surface area contributed by atoms with Crippen LogP contribution in [0.2, 0.25) is 0 Å². The molecule has 2 N–H and O–H groups in total. The van der Waals surface area contributed by atoms with Crippen molar-refractivity contribution < 1.29 is 9.84 Å². The summed E-state index contributed by atoms with van der Waals surface area (Å²) in [5.74, 6) is 0.764. The number of aryl methyl sites for hydroxylation is 1. The zero-order chi connectivity index (χ0) is 12.3. The SMILES string of the molecule is Cc1nccc(CNCC2(O)CCOC2C)n1. The molecule has 2 rings (SSSR count). The van der Waals surface area contributed by atoms with Crippen LogP contribution in [0.5, 0.6) is 0 Å². The van der Waals surface area contributed by atoms with Crippen LogP contribution in [0.3, 0.4) is 0 Å². The van der Waals surface area contributed by atoms with E-state index in [9.17, 15) is 5.11 Å². The number of aliphatic hydroxyl groups is 1. The van der Waals surface area contributed by atoms with Gasteiger partial charge in [0.2, 0.25) is 0 Å². The van der Waals surface area contributed by atoms with Gasteiger partial charge in [-0.3, -0.25) is 0 Å². The zero-order valence-corrected chi connectivity index (χ0v) is 10.3. The van der Waals surface area contributed by atoms with Crippen molar-refractivity contribution in [3.63, 3.8) is 0 Å². The van der Waals surface area contributed by atoms with Gasteiger partial charge in [-0.2, -0.15) is 0 Å². The van der Waals surface area contributed by atoms with Crippen molar-refractivity contribution in [1.29, 1.82) is 0 Å². The minimum atomic E-state index is -0.748. The fourth-order valence-electron chi connectivity index (χ4n) is 2.01. The van der Waals surface area contributed by atoms with Crippen LogP contribution in [-0.2, 0) is 11.3 Å². The topological polar surface area (TPSA) is 67.3 Å². The molecule has 5 heteroatoms. The Bertz CT molecular complexity index is 386. The maximum atomic E-state index is 10.3. The standard InChI is InChI=1S/C12H19N3O2/c1-9-12(16,4-6-17-9)8-13-7-11-3-5-14-10(2)15-11/h3,5,9,13,16H,4,6-8H2,1-2H3. The van der Waals surface area contributed by atoms with E-state index in [1.165, 1.54) is 0 Å². The molecule has 0 saturated carbocycles. The first-order chi connectivity index (χ1) is 8.10. The molecule has 1 saturated heterocycles. The number of aromatic nitrogens is 2. The van der Waals surface area contributed by atoms with Crippen LogP contribution >= 0.6 is 0 Å². The lowest BCUT2D eigenvalue weighted by molar-refractivity contribution is -0.0263. The molecule has 0 aliphatic carbocycles. The molecule has 1 aromatic rings. The number of ether oxygens (including phenoxy) is 1. The third-order valence-corrected chi connectivity index (χ3v) is 3.23. The van der Waals surface area contributed by atoms with Gasteiger partial charge in [-0.15, -0.1) is 0 Å². The maximum absolute atomic E-state index is 10.3. The summed E-state index contributed by atoms with van der Waals surface area (Å²) in [4.78, 5) is 8.34. The van der Waals surface area contributed by atoms with Crippen molar-refractivity contribution in [1.82, 2.24) is 15.3 Å². The van der Waals surface area contributed by atoms with E-state index >= 15 is 0 Å². The molecular formula is C12H19N3O2. The van der Waals surface area contributed by atoms with E-state index in [2.05, 4.69) is 15.3 Å². The summed E-state index contributed by atoms with van der Waals surface area (Å²) in [6, 6.07) is 1.87. The maximum Gasteiger partial charge on any atom is 0.125 e. The van der Waals surface area contributed by atoms with E-state index in [-0.39, 0.29) is 6.10 Å². The minimum Gasteiger partial charge on any atom is -0.386 e. The van der Waals surface area contributed by atoms with Gasteiger partial charge in [0.05, 0.1) is 11.8 Å². The summed E-state index contributed by atoms with van der Waals surface area (Å²) in [7, 11) is 0. The van der Waals surface area contributed by atoms with E-state index in [1.807, 2.05) is 19.9 Å². The van der Waals surface area contributed by atoms with Crippen LogP contribution in [0.25, 0.3) is 0 Å². The second-order valence-corrected chi connectivity index (χ2v) is 4.57. The monoisotopic (exact) mass is 237 g/mol. The molecule has 2 atom stereocenters. The van der Waals surface area contributed by atoms with Crippen LogP contribution < -0.4 is 5.32 Å². The fourth-order valence-corrected chi connectivity index (χ4v) is 2.01. The predicted molar refractivity (Wildman–Crippen MR) is 63.5 cm³/mol. The molecule has 2 unspecified atom stereocenters. The molecule has 1 aliphatic rings. The van der Waals surface area contributed by atoms with Crippen molar-refractivity contribution >= 4 is 0 Å². The second-order valence-electron chi connectivity index (χ2n) is 4.57. The zero-order valence-electron chi connectivity index (χ0n) is 10.3. The van der Waals surface area contributed by atoms with Crippen LogP contribution in [0.15, 0.2) is 12.3 Å². The van der Waals surface area contributed by atoms with Crippen molar-refractivity contribution in [3.8, 4) is 0 Å². The molecule has 1 aromatic heterocycles. The highest BCUT2D eigenvalue weighted by molar-refractivity contribution is 5.01. The van der Waals surface area contributed by atoms with Gasteiger partial charge in [0.1, 0.15) is 11.4 Å². The Labute approximate surface area is 101 Å². The number of nitrogens with one attached hydrogen (secondary N) is 1. The molecule has 0 radical (unpaired) electrons. The third kappa shape index (κ3) is 3.00. The number of hydrogen-bond acceptors (Lipinski definition) is 5. The van der Waals surface area contributed by atoms with Gasteiger partial charge in [-0.1, -0.05) is 0 Å². The molecule has 5 nitrogen and oxygen atoms in total. The Morgan fingerprint density at radius 3 is 3.12 bits per heavy atom. The minimum absolute atomic E-state index is 0.109. The van der Waals surface area contributed by atoms with Crippen molar-refractivity contribution in [3.05, 3.63) is 23.8 Å². The van der Waals surface area contributed by atoms with Gasteiger partial charge < -0.3 is 15.2 Å². The largest absolute Gasteiger partial charge is 0.386 e. The summed E-state index contributed by atoms with van der Waals surface area (Å²) >= 11 is 0. The smallest absolute Gasteiger partial charge is 0.125 e. The highest BCUT2D eigenvalue weighted by Gasteiger charge is 2.38. The Kier molecular flexibility index (Phi) is 3.71. The molecule has 0 bridgehead atoms. The van der Waals surface area contributed by atoms with Crippen LogP contribution in [0, 0.1) is 6.92 Å². The first-order valence-electron chi connectivity index (χ1n) is 5.93. The van der Waals surface area contributed by atoms with E-state index in [4.69, 9.17) is 4.74 Å². The van der Waals surface area contributed by atoms with Crippen molar-refractivity contribution in [2.45, 2.75) is 38.5 Å². The van der Waals surface area contributed by atoms with Gasteiger partial charge in [0.15, 0.2) is 0 Å². The first kappa shape index (κ1) is 12.4. The third-order valence-electron chi connectivity index (χ3n) is 3.23. The Balaban J connectivity index is 1.83. The second kappa shape index (κ2) is 5.08. The normalized spacial score (nSPS) is 28.5. The van der Waals surface area contributed by atoms with E-state index in [1.54, 1.807) is 6.20 Å². The van der Waals surface area contributed by atoms with Gasteiger partial charge in [-0.25, -0.2) is 9.97 Å². The number of hydrogen-bond donors (Lipinski definition) is 2. The lowest BCUT2D eigenvalue weighted by atomic mass is 9.97. The van der Waals surface area contributed by atoms with E-state index in [0.717, 1.165) is 11.5 Å². The van der Waals surface area contributed by atoms with Crippen LogP contribution in [-0.4, -0.2) is 39.9 Å². The van der Waals surface area contributed by atoms with Gasteiger partial charge in [-0.05, 0) is 19.9 Å².